The third-order valence-corrected chi connectivity index (χ3v) is 10.5. The summed E-state index contributed by atoms with van der Waals surface area (Å²) in [6, 6.07) is -0.996. The number of allylic oxidation sites excluding steroid dienone is 2. The fraction of sp³-hybridized carbons (Fsp3) is 0.932. The number of rotatable bonds is 40. The molecule has 0 aliphatic carbocycles. The van der Waals surface area contributed by atoms with Crippen molar-refractivity contribution in [3.05, 3.63) is 12.2 Å². The summed E-state index contributed by atoms with van der Waals surface area (Å²) in [6.45, 7) is 4.04. The maximum absolute atomic E-state index is 12.5. The van der Waals surface area contributed by atoms with Crippen molar-refractivity contribution >= 4 is 5.91 Å². The number of hydrogen-bond donors (Lipinski definition) is 5. The molecular weight excluding hydrogens is 622 g/mol. The fourth-order valence-electron chi connectivity index (χ4n) is 6.93. The van der Waals surface area contributed by atoms with Gasteiger partial charge < -0.3 is 25.7 Å². The summed E-state index contributed by atoms with van der Waals surface area (Å²) in [5.74, 6) is -0.590. The summed E-state index contributed by atoms with van der Waals surface area (Å²) in [6.07, 6.45) is 42.4. The van der Waals surface area contributed by atoms with Gasteiger partial charge >= 0.3 is 0 Å². The molecule has 4 unspecified atom stereocenters. The van der Waals surface area contributed by atoms with E-state index in [1.807, 2.05) is 0 Å². The largest absolute Gasteiger partial charge is 0.394 e. The van der Waals surface area contributed by atoms with Gasteiger partial charge in [-0.25, -0.2) is 0 Å². The molecule has 6 nitrogen and oxygen atoms in total. The lowest BCUT2D eigenvalue weighted by atomic mass is 10.00. The predicted octanol–water partition coefficient (Wildman–Crippen LogP) is 11.4. The van der Waals surface area contributed by atoms with E-state index in [1.54, 1.807) is 0 Å². The van der Waals surface area contributed by atoms with Crippen LogP contribution >= 0.6 is 0 Å². The van der Waals surface area contributed by atoms with Gasteiger partial charge in [0, 0.05) is 0 Å². The number of carbonyl (C=O) groups is 1. The molecule has 0 saturated heterocycles. The number of aliphatic hydroxyl groups is 4. The van der Waals surface area contributed by atoms with E-state index in [-0.39, 0.29) is 0 Å². The standard InChI is InChI=1S/C44H87NO5/c1-3-5-7-9-11-13-15-17-19-20-21-22-23-24-26-28-30-32-34-36-38-42(48)44(50)45-40(39-46)43(49)41(47)37-35-33-31-29-27-25-18-16-14-12-10-8-6-4-2/h29,31,40-43,46-49H,3-28,30,32-39H2,1-2H3,(H,45,50). The first kappa shape index (κ1) is 49.0. The van der Waals surface area contributed by atoms with Crippen molar-refractivity contribution in [3.8, 4) is 0 Å². The molecule has 0 spiro atoms. The van der Waals surface area contributed by atoms with Crippen molar-refractivity contribution in [1.82, 2.24) is 5.32 Å². The molecule has 0 aromatic rings. The second-order valence-electron chi connectivity index (χ2n) is 15.4. The van der Waals surface area contributed by atoms with Gasteiger partial charge in [-0.15, -0.1) is 0 Å². The van der Waals surface area contributed by atoms with Crippen LogP contribution in [0.5, 0.6) is 0 Å². The van der Waals surface area contributed by atoms with Gasteiger partial charge in [0.1, 0.15) is 12.2 Å². The minimum Gasteiger partial charge on any atom is -0.394 e. The molecule has 0 fully saturated rings. The molecule has 0 rings (SSSR count). The van der Waals surface area contributed by atoms with Crippen LogP contribution in [0.3, 0.4) is 0 Å². The van der Waals surface area contributed by atoms with E-state index in [0.717, 1.165) is 38.5 Å². The molecule has 0 heterocycles. The quantitative estimate of drug-likeness (QED) is 0.0321. The van der Waals surface area contributed by atoms with E-state index in [0.29, 0.717) is 12.8 Å². The van der Waals surface area contributed by atoms with Crippen molar-refractivity contribution in [3.63, 3.8) is 0 Å². The van der Waals surface area contributed by atoms with E-state index in [2.05, 4.69) is 31.3 Å². The molecule has 0 aromatic heterocycles. The summed E-state index contributed by atoms with van der Waals surface area (Å²) in [7, 11) is 0. The van der Waals surface area contributed by atoms with Crippen LogP contribution in [0.1, 0.15) is 232 Å². The topological polar surface area (TPSA) is 110 Å². The number of aliphatic hydroxyl groups excluding tert-OH is 4. The van der Waals surface area contributed by atoms with Gasteiger partial charge in [0.05, 0.1) is 18.8 Å². The van der Waals surface area contributed by atoms with E-state index < -0.39 is 36.9 Å². The Labute approximate surface area is 311 Å². The van der Waals surface area contributed by atoms with Crippen molar-refractivity contribution < 1.29 is 25.2 Å². The molecule has 6 heteroatoms. The van der Waals surface area contributed by atoms with Crippen LogP contribution in [-0.2, 0) is 4.79 Å². The highest BCUT2D eigenvalue weighted by Crippen LogP contribution is 2.16. The van der Waals surface area contributed by atoms with Gasteiger partial charge in [-0.3, -0.25) is 4.79 Å². The van der Waals surface area contributed by atoms with Gasteiger partial charge in [-0.1, -0.05) is 206 Å². The highest BCUT2D eigenvalue weighted by Gasteiger charge is 2.28. The Kier molecular flexibility index (Phi) is 38.5. The zero-order chi connectivity index (χ0) is 36.8. The van der Waals surface area contributed by atoms with E-state index in [1.165, 1.54) is 167 Å². The van der Waals surface area contributed by atoms with Crippen molar-refractivity contribution in [2.24, 2.45) is 0 Å². The monoisotopic (exact) mass is 710 g/mol. The third-order valence-electron chi connectivity index (χ3n) is 10.5. The minimum absolute atomic E-state index is 0.368. The van der Waals surface area contributed by atoms with Gasteiger partial charge in [0.25, 0.3) is 0 Å². The first-order chi connectivity index (χ1) is 24.5. The number of nitrogens with one attached hydrogen (secondary N) is 1. The lowest BCUT2D eigenvalue weighted by Gasteiger charge is -2.27. The molecule has 0 aliphatic rings. The number of hydrogen-bond acceptors (Lipinski definition) is 5. The van der Waals surface area contributed by atoms with Gasteiger partial charge in [-0.2, -0.15) is 0 Å². The van der Waals surface area contributed by atoms with Crippen LogP contribution in [0.4, 0.5) is 0 Å². The van der Waals surface area contributed by atoms with Gasteiger partial charge in [0.15, 0.2) is 0 Å². The fourth-order valence-corrected chi connectivity index (χ4v) is 6.93. The maximum Gasteiger partial charge on any atom is 0.249 e. The SMILES string of the molecule is CCCCCCCCCCCC=CCCCC(O)C(O)C(CO)NC(=O)C(O)CCCCCCCCCCCCCCCCCCCCCC. The van der Waals surface area contributed by atoms with E-state index >= 15 is 0 Å². The minimum atomic E-state index is -1.28. The highest BCUT2D eigenvalue weighted by molar-refractivity contribution is 5.80. The first-order valence-corrected chi connectivity index (χ1v) is 22.1. The molecule has 0 bridgehead atoms. The average molecular weight is 710 g/mol. The van der Waals surface area contributed by atoms with Crippen LogP contribution in [0, 0.1) is 0 Å². The Morgan fingerprint density at radius 1 is 0.480 bits per heavy atom. The number of amides is 1. The molecule has 0 aliphatic heterocycles. The van der Waals surface area contributed by atoms with Crippen LogP contribution in [-0.4, -0.2) is 57.3 Å². The zero-order valence-electron chi connectivity index (χ0n) is 33.4. The Hall–Kier alpha value is -0.950. The van der Waals surface area contributed by atoms with Crippen LogP contribution < -0.4 is 5.32 Å². The van der Waals surface area contributed by atoms with E-state index in [4.69, 9.17) is 0 Å². The van der Waals surface area contributed by atoms with Crippen molar-refractivity contribution in [2.45, 2.75) is 257 Å². The molecule has 4 atom stereocenters. The summed E-state index contributed by atoms with van der Waals surface area (Å²) in [5, 5.41) is 43.6. The molecule has 0 aromatic carbocycles. The van der Waals surface area contributed by atoms with Gasteiger partial charge in [-0.05, 0) is 38.5 Å². The van der Waals surface area contributed by atoms with Crippen LogP contribution in [0.15, 0.2) is 12.2 Å². The summed E-state index contributed by atoms with van der Waals surface area (Å²) >= 11 is 0. The number of unbranched alkanes of at least 4 members (excludes halogenated alkanes) is 29. The Morgan fingerprint density at radius 2 is 0.820 bits per heavy atom. The second kappa shape index (κ2) is 39.3. The lowest BCUT2D eigenvalue weighted by molar-refractivity contribution is -0.132. The average Bonchev–Trinajstić information content (AvgIpc) is 3.12. The predicted molar refractivity (Wildman–Crippen MR) is 215 cm³/mol. The highest BCUT2D eigenvalue weighted by atomic mass is 16.3. The Bertz CT molecular complexity index is 717. The Morgan fingerprint density at radius 3 is 1.20 bits per heavy atom. The molecule has 50 heavy (non-hydrogen) atoms. The van der Waals surface area contributed by atoms with Crippen molar-refractivity contribution in [1.29, 1.82) is 0 Å². The van der Waals surface area contributed by atoms with Crippen molar-refractivity contribution in [2.75, 3.05) is 6.61 Å². The smallest absolute Gasteiger partial charge is 0.249 e. The first-order valence-electron chi connectivity index (χ1n) is 22.1. The lowest BCUT2D eigenvalue weighted by Crippen LogP contribution is -2.53. The second-order valence-corrected chi connectivity index (χ2v) is 15.4. The van der Waals surface area contributed by atoms with Gasteiger partial charge in [0.2, 0.25) is 5.91 Å². The molecule has 0 radical (unpaired) electrons. The normalized spacial score (nSPS) is 14.3. The molecular formula is C44H87NO5. The summed E-state index contributed by atoms with van der Waals surface area (Å²) in [5.41, 5.74) is 0. The molecule has 1 amide bonds. The molecule has 298 valence electrons. The summed E-state index contributed by atoms with van der Waals surface area (Å²) in [4.78, 5) is 12.5. The molecule has 0 saturated carbocycles. The zero-order valence-corrected chi connectivity index (χ0v) is 33.4. The maximum atomic E-state index is 12.5. The summed E-state index contributed by atoms with van der Waals surface area (Å²) < 4.78 is 0. The van der Waals surface area contributed by atoms with E-state index in [9.17, 15) is 25.2 Å². The van der Waals surface area contributed by atoms with Crippen LogP contribution in [0.25, 0.3) is 0 Å². The Balaban J connectivity index is 3.72. The third kappa shape index (κ3) is 32.9. The van der Waals surface area contributed by atoms with Crippen LogP contribution in [0.2, 0.25) is 0 Å². The number of carbonyl (C=O) groups excluding carboxylic acids is 1. The molecule has 5 N–H and O–H groups in total.